The van der Waals surface area contributed by atoms with Gasteiger partial charge in [0.1, 0.15) is 0 Å². The van der Waals surface area contributed by atoms with E-state index in [1.54, 1.807) is 0 Å². The molecule has 92 valence electrons. The summed E-state index contributed by atoms with van der Waals surface area (Å²) in [4.78, 5) is 0. The topological polar surface area (TPSA) is 4.93 Å². The number of rotatable bonds is 4. The lowest BCUT2D eigenvalue weighted by Gasteiger charge is -2.03. The van der Waals surface area contributed by atoms with Gasteiger partial charge < -0.3 is 4.57 Å². The molecule has 0 saturated heterocycles. The quantitative estimate of drug-likeness (QED) is 0.763. The molecule has 1 nitrogen and oxygen atoms in total. The Kier molecular flexibility index (Phi) is 4.21. The van der Waals surface area contributed by atoms with Crippen LogP contribution < -0.4 is 0 Å². The van der Waals surface area contributed by atoms with Crippen molar-refractivity contribution in [2.24, 2.45) is 0 Å². The lowest BCUT2D eigenvalue weighted by molar-refractivity contribution is 0.795. The maximum atomic E-state index is 3.55. The summed E-state index contributed by atoms with van der Waals surface area (Å²) >= 11 is 5.55. The molecule has 3 heteroatoms. The number of aromatic nitrogens is 1. The molecule has 0 aliphatic heterocycles. The molecule has 0 unspecified atom stereocenters. The van der Waals surface area contributed by atoms with Gasteiger partial charge in [0.05, 0.1) is 0 Å². The molecule has 1 aromatic heterocycles. The first kappa shape index (κ1) is 13.0. The minimum absolute atomic E-state index is 0.686. The molecule has 0 radical (unpaired) electrons. The van der Waals surface area contributed by atoms with Gasteiger partial charge in [0.25, 0.3) is 0 Å². The van der Waals surface area contributed by atoms with Crippen molar-refractivity contribution >= 4 is 38.6 Å². The molecular formula is C14H18BrNS. The Bertz CT molecular complexity index is 516. The van der Waals surface area contributed by atoms with Crippen LogP contribution in [0.15, 0.2) is 28.9 Å². The predicted octanol–water partition coefficient (Wildman–Crippen LogP) is 5.07. The minimum Gasteiger partial charge on any atom is -0.347 e. The predicted molar refractivity (Wildman–Crippen MR) is 81.7 cm³/mol. The zero-order chi connectivity index (χ0) is 12.4. The Balaban J connectivity index is 2.42. The van der Waals surface area contributed by atoms with Crippen LogP contribution in [0.1, 0.15) is 26.3 Å². The van der Waals surface area contributed by atoms with Crippen molar-refractivity contribution in [1.82, 2.24) is 4.57 Å². The Labute approximate surface area is 116 Å². The average molecular weight is 312 g/mol. The zero-order valence-corrected chi connectivity index (χ0v) is 12.9. The molecule has 0 amide bonds. The number of fused-ring (bicyclic) bond motifs is 1. The van der Waals surface area contributed by atoms with E-state index in [-0.39, 0.29) is 0 Å². The number of halogens is 1. The fraction of sp³-hybridized carbons (Fsp3) is 0.429. The van der Waals surface area contributed by atoms with E-state index in [9.17, 15) is 0 Å². The maximum Gasteiger partial charge on any atom is 0.0494 e. The van der Waals surface area contributed by atoms with Crippen LogP contribution in [0, 0.1) is 0 Å². The van der Waals surface area contributed by atoms with Gasteiger partial charge in [0.15, 0.2) is 0 Å². The SMILES string of the molecule is CCn1cc(CSC(C)C)c2ccc(Br)cc21. The largest absolute Gasteiger partial charge is 0.347 e. The second kappa shape index (κ2) is 5.49. The molecule has 0 aliphatic rings. The van der Waals surface area contributed by atoms with E-state index < -0.39 is 0 Å². The number of benzene rings is 1. The van der Waals surface area contributed by atoms with E-state index in [2.05, 4.69) is 65.7 Å². The standard InChI is InChI=1S/C14H18BrNS/c1-4-16-8-11(9-17-10(2)3)13-6-5-12(15)7-14(13)16/h5-8,10H,4,9H2,1-3H3. The van der Waals surface area contributed by atoms with Crippen molar-refractivity contribution in [1.29, 1.82) is 0 Å². The zero-order valence-electron chi connectivity index (χ0n) is 10.5. The second-order valence-corrected chi connectivity index (χ2v) is 6.94. The highest BCUT2D eigenvalue weighted by Crippen LogP contribution is 2.28. The number of hydrogen-bond acceptors (Lipinski definition) is 1. The van der Waals surface area contributed by atoms with Crippen LogP contribution in [-0.2, 0) is 12.3 Å². The van der Waals surface area contributed by atoms with Crippen molar-refractivity contribution < 1.29 is 0 Å². The van der Waals surface area contributed by atoms with Gasteiger partial charge in [0, 0.05) is 33.9 Å². The van der Waals surface area contributed by atoms with Crippen LogP contribution in [0.25, 0.3) is 10.9 Å². The molecule has 0 fully saturated rings. The molecule has 0 spiro atoms. The van der Waals surface area contributed by atoms with Crippen molar-refractivity contribution in [2.45, 2.75) is 38.3 Å². The van der Waals surface area contributed by atoms with Crippen molar-refractivity contribution in [3.8, 4) is 0 Å². The van der Waals surface area contributed by atoms with Gasteiger partial charge in [-0.3, -0.25) is 0 Å². The van der Waals surface area contributed by atoms with Gasteiger partial charge >= 0.3 is 0 Å². The van der Waals surface area contributed by atoms with E-state index in [0.717, 1.165) is 16.8 Å². The van der Waals surface area contributed by atoms with E-state index in [4.69, 9.17) is 0 Å². The van der Waals surface area contributed by atoms with Gasteiger partial charge in [-0.2, -0.15) is 11.8 Å². The third kappa shape index (κ3) is 2.89. The fourth-order valence-electron chi connectivity index (χ4n) is 1.97. The third-order valence-corrected chi connectivity index (χ3v) is 4.48. The summed E-state index contributed by atoms with van der Waals surface area (Å²) in [5.74, 6) is 1.10. The molecule has 0 aliphatic carbocycles. The molecule has 2 aromatic rings. The van der Waals surface area contributed by atoms with Gasteiger partial charge in [-0.25, -0.2) is 0 Å². The molecule has 1 heterocycles. The first-order chi connectivity index (χ1) is 8.11. The van der Waals surface area contributed by atoms with E-state index in [1.165, 1.54) is 16.5 Å². The molecule has 0 N–H and O–H groups in total. The Morgan fingerprint density at radius 3 is 2.76 bits per heavy atom. The van der Waals surface area contributed by atoms with Crippen LogP contribution in [0.3, 0.4) is 0 Å². The van der Waals surface area contributed by atoms with Gasteiger partial charge in [-0.05, 0) is 29.9 Å². The normalized spacial score (nSPS) is 11.6. The average Bonchev–Trinajstić information content (AvgIpc) is 2.63. The Hall–Kier alpha value is -0.410. The van der Waals surface area contributed by atoms with E-state index in [1.807, 2.05) is 11.8 Å². The maximum absolute atomic E-state index is 3.55. The highest BCUT2D eigenvalue weighted by atomic mass is 79.9. The van der Waals surface area contributed by atoms with Crippen LogP contribution >= 0.6 is 27.7 Å². The summed E-state index contributed by atoms with van der Waals surface area (Å²) in [6.45, 7) is 7.72. The van der Waals surface area contributed by atoms with Gasteiger partial charge in [-0.1, -0.05) is 35.8 Å². The Morgan fingerprint density at radius 2 is 2.12 bits per heavy atom. The summed E-state index contributed by atoms with van der Waals surface area (Å²) < 4.78 is 3.48. The number of thioether (sulfide) groups is 1. The highest BCUT2D eigenvalue weighted by molar-refractivity contribution is 9.10. The Morgan fingerprint density at radius 1 is 1.35 bits per heavy atom. The first-order valence-corrected chi connectivity index (χ1v) is 7.85. The summed E-state index contributed by atoms with van der Waals surface area (Å²) in [5.41, 5.74) is 2.79. The smallest absolute Gasteiger partial charge is 0.0494 e. The molecule has 17 heavy (non-hydrogen) atoms. The first-order valence-electron chi connectivity index (χ1n) is 6.00. The lowest BCUT2D eigenvalue weighted by atomic mass is 10.2. The molecule has 0 bridgehead atoms. The molecule has 2 rings (SSSR count). The molecule has 0 saturated carbocycles. The van der Waals surface area contributed by atoms with Gasteiger partial charge in [0.2, 0.25) is 0 Å². The van der Waals surface area contributed by atoms with Crippen LogP contribution in [0.5, 0.6) is 0 Å². The summed E-state index contributed by atoms with van der Waals surface area (Å²) in [7, 11) is 0. The van der Waals surface area contributed by atoms with Crippen LogP contribution in [0.4, 0.5) is 0 Å². The van der Waals surface area contributed by atoms with Gasteiger partial charge in [-0.15, -0.1) is 0 Å². The monoisotopic (exact) mass is 311 g/mol. The van der Waals surface area contributed by atoms with Crippen LogP contribution in [-0.4, -0.2) is 9.82 Å². The third-order valence-electron chi connectivity index (χ3n) is 2.84. The molecule has 1 aromatic carbocycles. The number of aryl methyl sites for hydroxylation is 1. The van der Waals surface area contributed by atoms with E-state index >= 15 is 0 Å². The van der Waals surface area contributed by atoms with E-state index in [0.29, 0.717) is 5.25 Å². The molecular weight excluding hydrogens is 294 g/mol. The summed E-state index contributed by atoms with van der Waals surface area (Å²) in [6, 6.07) is 6.57. The van der Waals surface area contributed by atoms with Crippen molar-refractivity contribution in [3.05, 3.63) is 34.4 Å². The fourth-order valence-corrected chi connectivity index (χ4v) is 3.07. The number of nitrogens with zero attached hydrogens (tertiary/aromatic N) is 1. The number of hydrogen-bond donors (Lipinski definition) is 0. The van der Waals surface area contributed by atoms with Crippen LogP contribution in [0.2, 0.25) is 0 Å². The molecule has 0 atom stereocenters. The minimum atomic E-state index is 0.686. The van der Waals surface area contributed by atoms with Crippen molar-refractivity contribution in [2.75, 3.05) is 0 Å². The second-order valence-electron chi connectivity index (χ2n) is 4.46. The summed E-state index contributed by atoms with van der Waals surface area (Å²) in [6.07, 6.45) is 2.30. The summed E-state index contributed by atoms with van der Waals surface area (Å²) in [5, 5.41) is 2.08. The highest BCUT2D eigenvalue weighted by Gasteiger charge is 2.08. The van der Waals surface area contributed by atoms with Crippen molar-refractivity contribution in [3.63, 3.8) is 0 Å². The lowest BCUT2D eigenvalue weighted by Crippen LogP contribution is -1.90.